The minimum Gasteiger partial charge on any atom is -0.377 e. The van der Waals surface area contributed by atoms with Crippen molar-refractivity contribution in [2.75, 3.05) is 19.7 Å². The van der Waals surface area contributed by atoms with E-state index in [1.165, 1.54) is 35.8 Å². The number of aryl methyl sites for hydroxylation is 1. The van der Waals surface area contributed by atoms with Crippen molar-refractivity contribution in [1.82, 2.24) is 9.88 Å². The molecule has 0 unspecified atom stereocenters. The summed E-state index contributed by atoms with van der Waals surface area (Å²) in [5.41, 5.74) is 3.74. The van der Waals surface area contributed by atoms with Gasteiger partial charge < -0.3 is 4.74 Å². The molecule has 3 nitrogen and oxygen atoms in total. The standard InChI is InChI=1S/C19H26N2O/c1-3-21(14-17-7-4-5-12-22-17)13-16-10-9-15(2)19-18(16)8-6-11-20-19/h6,8-11,17H,3-5,7,12-14H2,1-2H3/t17-/m1/s1. The van der Waals surface area contributed by atoms with E-state index < -0.39 is 0 Å². The normalized spacial score (nSPS) is 19.0. The zero-order chi connectivity index (χ0) is 15.4. The molecule has 0 radical (unpaired) electrons. The van der Waals surface area contributed by atoms with Gasteiger partial charge in [0.05, 0.1) is 11.6 Å². The van der Waals surface area contributed by atoms with Crippen molar-refractivity contribution >= 4 is 10.9 Å². The van der Waals surface area contributed by atoms with E-state index in [-0.39, 0.29) is 0 Å². The fourth-order valence-corrected chi connectivity index (χ4v) is 3.30. The molecule has 0 bridgehead atoms. The first-order valence-electron chi connectivity index (χ1n) is 8.45. The molecular formula is C19H26N2O. The van der Waals surface area contributed by atoms with E-state index in [0.717, 1.165) is 31.8 Å². The van der Waals surface area contributed by atoms with E-state index in [9.17, 15) is 0 Å². The summed E-state index contributed by atoms with van der Waals surface area (Å²) in [7, 11) is 0. The fourth-order valence-electron chi connectivity index (χ4n) is 3.30. The first kappa shape index (κ1) is 15.4. The van der Waals surface area contributed by atoms with Gasteiger partial charge in [0.2, 0.25) is 0 Å². The lowest BCUT2D eigenvalue weighted by molar-refractivity contribution is -0.00617. The Labute approximate surface area is 133 Å². The predicted octanol–water partition coefficient (Wildman–Crippen LogP) is 3.93. The first-order valence-corrected chi connectivity index (χ1v) is 8.45. The van der Waals surface area contributed by atoms with Gasteiger partial charge in [-0.15, -0.1) is 0 Å². The van der Waals surface area contributed by atoms with Crippen LogP contribution in [-0.2, 0) is 11.3 Å². The number of fused-ring (bicyclic) bond motifs is 1. The molecule has 3 heteroatoms. The third-order valence-electron chi connectivity index (χ3n) is 4.64. The predicted molar refractivity (Wildman–Crippen MR) is 91.0 cm³/mol. The number of benzene rings is 1. The van der Waals surface area contributed by atoms with Gasteiger partial charge in [0.25, 0.3) is 0 Å². The number of hydrogen-bond donors (Lipinski definition) is 0. The monoisotopic (exact) mass is 298 g/mol. The molecule has 0 aliphatic carbocycles. The van der Waals surface area contributed by atoms with Gasteiger partial charge in [0.15, 0.2) is 0 Å². The molecule has 1 atom stereocenters. The Bertz CT molecular complexity index is 620. The summed E-state index contributed by atoms with van der Waals surface area (Å²) in [5, 5.41) is 1.28. The lowest BCUT2D eigenvalue weighted by Crippen LogP contribution is -2.35. The highest BCUT2D eigenvalue weighted by molar-refractivity contribution is 5.84. The van der Waals surface area contributed by atoms with Crippen LogP contribution in [0.3, 0.4) is 0 Å². The molecule has 2 heterocycles. The van der Waals surface area contributed by atoms with Crippen molar-refractivity contribution < 1.29 is 4.74 Å². The van der Waals surface area contributed by atoms with Gasteiger partial charge in [-0.1, -0.05) is 25.1 Å². The molecule has 0 spiro atoms. The van der Waals surface area contributed by atoms with Crippen molar-refractivity contribution in [3.05, 3.63) is 41.6 Å². The lowest BCUT2D eigenvalue weighted by atomic mass is 10.0. The summed E-state index contributed by atoms with van der Waals surface area (Å²) >= 11 is 0. The van der Waals surface area contributed by atoms with Crippen molar-refractivity contribution in [1.29, 1.82) is 0 Å². The Morgan fingerprint density at radius 2 is 2.18 bits per heavy atom. The van der Waals surface area contributed by atoms with E-state index >= 15 is 0 Å². The largest absolute Gasteiger partial charge is 0.377 e. The quantitative estimate of drug-likeness (QED) is 0.836. The molecule has 1 aliphatic heterocycles. The van der Waals surface area contributed by atoms with E-state index in [4.69, 9.17) is 4.74 Å². The van der Waals surface area contributed by atoms with E-state index in [1.807, 2.05) is 12.3 Å². The second kappa shape index (κ2) is 7.21. The summed E-state index contributed by atoms with van der Waals surface area (Å²) in [6.07, 6.45) is 6.01. The maximum absolute atomic E-state index is 5.90. The van der Waals surface area contributed by atoms with Gasteiger partial charge in [-0.25, -0.2) is 0 Å². The molecule has 1 fully saturated rings. The first-order chi connectivity index (χ1) is 10.8. The van der Waals surface area contributed by atoms with Gasteiger partial charge in [0, 0.05) is 31.3 Å². The molecule has 1 aliphatic rings. The highest BCUT2D eigenvalue weighted by Gasteiger charge is 2.17. The average Bonchev–Trinajstić information content (AvgIpc) is 2.58. The van der Waals surface area contributed by atoms with E-state index in [2.05, 4.69) is 41.9 Å². The Balaban J connectivity index is 1.77. The Morgan fingerprint density at radius 3 is 2.95 bits per heavy atom. The molecule has 22 heavy (non-hydrogen) atoms. The van der Waals surface area contributed by atoms with Crippen LogP contribution in [0.15, 0.2) is 30.5 Å². The third kappa shape index (κ3) is 3.47. The van der Waals surface area contributed by atoms with Crippen molar-refractivity contribution in [2.24, 2.45) is 0 Å². The fraction of sp³-hybridized carbons (Fsp3) is 0.526. The SMILES string of the molecule is CCN(Cc1ccc(C)c2ncccc12)C[C@H]1CCCCO1. The molecule has 118 valence electrons. The Morgan fingerprint density at radius 1 is 1.27 bits per heavy atom. The summed E-state index contributed by atoms with van der Waals surface area (Å²) < 4.78 is 5.90. The van der Waals surface area contributed by atoms with Crippen molar-refractivity contribution in [3.8, 4) is 0 Å². The molecule has 0 amide bonds. The second-order valence-electron chi connectivity index (χ2n) is 6.26. The van der Waals surface area contributed by atoms with Crippen molar-refractivity contribution in [3.63, 3.8) is 0 Å². The Hall–Kier alpha value is -1.45. The van der Waals surface area contributed by atoms with Crippen LogP contribution >= 0.6 is 0 Å². The van der Waals surface area contributed by atoms with Crippen LogP contribution in [0.4, 0.5) is 0 Å². The number of nitrogens with zero attached hydrogens (tertiary/aromatic N) is 2. The van der Waals surface area contributed by atoms with Gasteiger partial charge in [0.1, 0.15) is 0 Å². The van der Waals surface area contributed by atoms with Crippen LogP contribution in [-0.4, -0.2) is 35.7 Å². The molecule has 0 N–H and O–H groups in total. The average molecular weight is 298 g/mol. The van der Waals surface area contributed by atoms with Crippen molar-refractivity contribution in [2.45, 2.75) is 45.8 Å². The topological polar surface area (TPSA) is 25.4 Å². The van der Waals surface area contributed by atoms with Crippen LogP contribution in [0.2, 0.25) is 0 Å². The number of ether oxygens (including phenoxy) is 1. The van der Waals surface area contributed by atoms with E-state index in [1.54, 1.807) is 0 Å². The van der Waals surface area contributed by atoms with E-state index in [0.29, 0.717) is 6.10 Å². The zero-order valence-corrected chi connectivity index (χ0v) is 13.7. The molecule has 2 aromatic rings. The summed E-state index contributed by atoms with van der Waals surface area (Å²) in [5.74, 6) is 0. The number of rotatable bonds is 5. The highest BCUT2D eigenvalue weighted by atomic mass is 16.5. The summed E-state index contributed by atoms with van der Waals surface area (Å²) in [6, 6.07) is 8.67. The molecular weight excluding hydrogens is 272 g/mol. The summed E-state index contributed by atoms with van der Waals surface area (Å²) in [4.78, 5) is 7.04. The van der Waals surface area contributed by atoms with Crippen LogP contribution in [0.1, 0.15) is 37.3 Å². The number of aromatic nitrogens is 1. The van der Waals surface area contributed by atoms with Gasteiger partial charge in [-0.3, -0.25) is 9.88 Å². The second-order valence-corrected chi connectivity index (χ2v) is 6.26. The number of likely N-dealkylation sites (N-methyl/N-ethyl adjacent to an activating group) is 1. The van der Waals surface area contributed by atoms with Crippen LogP contribution in [0.5, 0.6) is 0 Å². The maximum atomic E-state index is 5.90. The molecule has 3 rings (SSSR count). The van der Waals surface area contributed by atoms with Gasteiger partial charge in [-0.05, 0) is 49.9 Å². The van der Waals surface area contributed by atoms with Crippen LogP contribution < -0.4 is 0 Å². The molecule has 1 saturated heterocycles. The Kier molecular flexibility index (Phi) is 5.06. The third-order valence-corrected chi connectivity index (χ3v) is 4.64. The van der Waals surface area contributed by atoms with Crippen LogP contribution in [0.25, 0.3) is 10.9 Å². The molecule has 1 aromatic carbocycles. The number of hydrogen-bond acceptors (Lipinski definition) is 3. The molecule has 1 aromatic heterocycles. The van der Waals surface area contributed by atoms with Crippen LogP contribution in [0, 0.1) is 6.92 Å². The molecule has 0 saturated carbocycles. The van der Waals surface area contributed by atoms with Gasteiger partial charge >= 0.3 is 0 Å². The van der Waals surface area contributed by atoms with Gasteiger partial charge in [-0.2, -0.15) is 0 Å². The smallest absolute Gasteiger partial charge is 0.0734 e. The lowest BCUT2D eigenvalue weighted by Gasteiger charge is -2.29. The minimum atomic E-state index is 0.406. The highest BCUT2D eigenvalue weighted by Crippen LogP contribution is 2.22. The maximum Gasteiger partial charge on any atom is 0.0734 e. The summed E-state index contributed by atoms with van der Waals surface area (Å²) in [6.45, 7) is 8.35. The number of pyridine rings is 1. The minimum absolute atomic E-state index is 0.406. The zero-order valence-electron chi connectivity index (χ0n) is 13.7.